The largest absolute Gasteiger partial charge is 0.459 e. The van der Waals surface area contributed by atoms with E-state index in [1.165, 1.54) is 5.56 Å². The molecule has 5 nitrogen and oxygen atoms in total. The highest BCUT2D eigenvalue weighted by Gasteiger charge is 2.29. The molecular formula is C29H35ClN2O3. The summed E-state index contributed by atoms with van der Waals surface area (Å²) < 4.78 is 5.32. The second-order valence-corrected chi connectivity index (χ2v) is 10.5. The Morgan fingerprint density at radius 1 is 1.06 bits per heavy atom. The summed E-state index contributed by atoms with van der Waals surface area (Å²) >= 11 is 5.97. The number of halogens is 1. The minimum absolute atomic E-state index is 0.0358. The number of hydrogen-bond acceptors (Lipinski definition) is 4. The van der Waals surface area contributed by atoms with Gasteiger partial charge >= 0.3 is 5.97 Å². The number of ether oxygens (including phenoxy) is 1. The number of esters is 1. The molecule has 0 radical (unpaired) electrons. The predicted octanol–water partition coefficient (Wildman–Crippen LogP) is 5.57. The third-order valence-corrected chi connectivity index (χ3v) is 6.47. The van der Waals surface area contributed by atoms with E-state index in [1.54, 1.807) is 24.3 Å². The molecule has 2 aromatic rings. The first-order chi connectivity index (χ1) is 16.7. The topological polar surface area (TPSA) is 58.6 Å². The van der Waals surface area contributed by atoms with E-state index in [0.29, 0.717) is 29.6 Å². The zero-order valence-electron chi connectivity index (χ0n) is 20.9. The Kier molecular flexibility index (Phi) is 9.37. The minimum atomic E-state index is -0.472. The maximum absolute atomic E-state index is 13.1. The van der Waals surface area contributed by atoms with E-state index < -0.39 is 5.60 Å². The summed E-state index contributed by atoms with van der Waals surface area (Å²) in [4.78, 5) is 26.8. The van der Waals surface area contributed by atoms with Crippen LogP contribution in [0.2, 0.25) is 5.02 Å². The fourth-order valence-corrected chi connectivity index (χ4v) is 4.66. The normalized spacial score (nSPS) is 17.9. The Balaban J connectivity index is 1.51. The zero-order chi connectivity index (χ0) is 25.4. The highest BCUT2D eigenvalue weighted by molar-refractivity contribution is 6.30. The molecule has 1 aliphatic rings. The lowest BCUT2D eigenvalue weighted by Crippen LogP contribution is -2.42. The van der Waals surface area contributed by atoms with E-state index in [4.69, 9.17) is 22.8 Å². The van der Waals surface area contributed by atoms with Crippen molar-refractivity contribution in [1.82, 2.24) is 10.2 Å². The maximum atomic E-state index is 13.1. The van der Waals surface area contributed by atoms with Crippen LogP contribution in [0.4, 0.5) is 0 Å². The van der Waals surface area contributed by atoms with Crippen LogP contribution in [0.5, 0.6) is 0 Å². The number of benzene rings is 2. The van der Waals surface area contributed by atoms with Crippen LogP contribution in [0.25, 0.3) is 0 Å². The lowest BCUT2D eigenvalue weighted by molar-refractivity contribution is -0.153. The highest BCUT2D eigenvalue weighted by atomic mass is 35.5. The summed E-state index contributed by atoms with van der Waals surface area (Å²) in [5.41, 5.74) is 2.58. The van der Waals surface area contributed by atoms with Gasteiger partial charge in [0.2, 0.25) is 0 Å². The van der Waals surface area contributed by atoms with E-state index in [1.807, 2.05) is 25.7 Å². The van der Waals surface area contributed by atoms with Gasteiger partial charge in [0.1, 0.15) is 5.60 Å². The summed E-state index contributed by atoms with van der Waals surface area (Å²) in [6.07, 6.45) is 9.45. The minimum Gasteiger partial charge on any atom is -0.459 e. The van der Waals surface area contributed by atoms with Crippen molar-refractivity contribution in [2.45, 2.75) is 70.6 Å². The third-order valence-electron chi connectivity index (χ3n) is 6.22. The number of nitrogens with zero attached hydrogens (tertiary/aromatic N) is 1. The van der Waals surface area contributed by atoms with E-state index in [0.717, 1.165) is 31.2 Å². The molecule has 1 fully saturated rings. The molecule has 1 amide bonds. The molecular weight excluding hydrogens is 460 g/mol. The fraction of sp³-hybridized carbons (Fsp3) is 0.448. The number of nitrogens with one attached hydrogen (secondary N) is 1. The van der Waals surface area contributed by atoms with E-state index in [-0.39, 0.29) is 24.5 Å². The molecule has 0 aromatic heterocycles. The smallest absolute Gasteiger partial charge is 0.320 e. The van der Waals surface area contributed by atoms with Crippen molar-refractivity contribution in [2.24, 2.45) is 0 Å². The Hall–Kier alpha value is -2.81. The van der Waals surface area contributed by atoms with Gasteiger partial charge in [0.25, 0.3) is 5.91 Å². The van der Waals surface area contributed by atoms with E-state index >= 15 is 0 Å². The average molecular weight is 495 g/mol. The number of rotatable bonds is 8. The first-order valence-corrected chi connectivity index (χ1v) is 12.6. The predicted molar refractivity (Wildman–Crippen MR) is 140 cm³/mol. The van der Waals surface area contributed by atoms with Gasteiger partial charge in [-0.2, -0.15) is 0 Å². The van der Waals surface area contributed by atoms with Crippen LogP contribution in [-0.4, -0.2) is 41.5 Å². The molecule has 1 N–H and O–H groups in total. The molecule has 1 saturated carbocycles. The second kappa shape index (κ2) is 12.2. The van der Waals surface area contributed by atoms with Gasteiger partial charge in [0.05, 0.1) is 13.1 Å². The standard InChI is InChI=1S/C29H35ClN2O3/c1-5-18-32(28(34)24-10-14-25(30)15-11-24)26-16-12-23(13-17-26)22-8-6-21(7-9-22)19-31-20-27(33)35-29(2,3)4/h1,6-11,14-15,23,26,31H,12-13,16-20H2,2-4H3. The van der Waals surface area contributed by atoms with Gasteiger partial charge in [-0.05, 0) is 87.8 Å². The van der Waals surface area contributed by atoms with Gasteiger partial charge < -0.3 is 15.0 Å². The zero-order valence-corrected chi connectivity index (χ0v) is 21.6. The van der Waals surface area contributed by atoms with Crippen LogP contribution >= 0.6 is 11.6 Å². The number of carbonyl (C=O) groups excluding carboxylic acids is 2. The van der Waals surface area contributed by atoms with Gasteiger partial charge in [-0.3, -0.25) is 9.59 Å². The van der Waals surface area contributed by atoms with Gasteiger partial charge in [0.15, 0.2) is 0 Å². The van der Waals surface area contributed by atoms with Crippen molar-refractivity contribution in [2.75, 3.05) is 13.1 Å². The highest BCUT2D eigenvalue weighted by Crippen LogP contribution is 2.35. The van der Waals surface area contributed by atoms with Crippen molar-refractivity contribution >= 4 is 23.5 Å². The molecule has 0 aliphatic heterocycles. The van der Waals surface area contributed by atoms with Crippen molar-refractivity contribution in [3.8, 4) is 12.3 Å². The molecule has 2 aromatic carbocycles. The Morgan fingerprint density at radius 3 is 2.26 bits per heavy atom. The SMILES string of the molecule is C#CCN(C(=O)c1ccc(Cl)cc1)C1CCC(c2ccc(CNCC(=O)OC(C)(C)C)cc2)CC1. The van der Waals surface area contributed by atoms with E-state index in [2.05, 4.69) is 35.5 Å². The van der Waals surface area contributed by atoms with Crippen molar-refractivity contribution < 1.29 is 14.3 Å². The average Bonchev–Trinajstić information content (AvgIpc) is 2.82. The Morgan fingerprint density at radius 2 is 1.69 bits per heavy atom. The monoisotopic (exact) mass is 494 g/mol. The second-order valence-electron chi connectivity index (χ2n) is 10.1. The summed E-state index contributed by atoms with van der Waals surface area (Å²) in [6, 6.07) is 15.7. The Labute approximate surface area is 214 Å². The van der Waals surface area contributed by atoms with Crippen molar-refractivity contribution in [1.29, 1.82) is 0 Å². The molecule has 1 aliphatic carbocycles. The van der Waals surface area contributed by atoms with Crippen LogP contribution in [0, 0.1) is 12.3 Å². The van der Waals surface area contributed by atoms with E-state index in [9.17, 15) is 9.59 Å². The molecule has 186 valence electrons. The van der Waals surface area contributed by atoms with Crippen LogP contribution in [0.3, 0.4) is 0 Å². The van der Waals surface area contributed by atoms with Crippen LogP contribution in [-0.2, 0) is 16.1 Å². The fourth-order valence-electron chi connectivity index (χ4n) is 4.54. The number of terminal acetylenes is 1. The Bertz CT molecular complexity index is 1030. The van der Waals surface area contributed by atoms with Crippen molar-refractivity contribution in [3.05, 3.63) is 70.2 Å². The first-order valence-electron chi connectivity index (χ1n) is 12.2. The van der Waals surface area contributed by atoms with Gasteiger partial charge in [-0.1, -0.05) is 41.8 Å². The summed E-state index contributed by atoms with van der Waals surface area (Å²) in [7, 11) is 0. The molecule has 3 rings (SSSR count). The number of carbonyl (C=O) groups is 2. The first kappa shape index (κ1) is 26.8. The third kappa shape index (κ3) is 8.13. The number of amides is 1. The molecule has 0 spiro atoms. The van der Waals surface area contributed by atoms with Crippen LogP contribution in [0.15, 0.2) is 48.5 Å². The molecule has 0 atom stereocenters. The number of hydrogen-bond donors (Lipinski definition) is 1. The maximum Gasteiger partial charge on any atom is 0.320 e. The summed E-state index contributed by atoms with van der Waals surface area (Å²) in [6.45, 7) is 6.69. The quantitative estimate of drug-likeness (QED) is 0.385. The lowest BCUT2D eigenvalue weighted by atomic mass is 9.81. The van der Waals surface area contributed by atoms with Gasteiger partial charge in [0, 0.05) is 23.2 Å². The molecule has 0 heterocycles. The van der Waals surface area contributed by atoms with Crippen molar-refractivity contribution in [3.63, 3.8) is 0 Å². The lowest BCUT2D eigenvalue weighted by Gasteiger charge is -2.36. The molecule has 6 heteroatoms. The van der Waals surface area contributed by atoms with Crippen LogP contribution in [0.1, 0.15) is 73.9 Å². The summed E-state index contributed by atoms with van der Waals surface area (Å²) in [5, 5.41) is 3.75. The molecule has 0 saturated heterocycles. The summed E-state index contributed by atoms with van der Waals surface area (Å²) in [5.74, 6) is 2.83. The van der Waals surface area contributed by atoms with Gasteiger partial charge in [-0.15, -0.1) is 6.42 Å². The van der Waals surface area contributed by atoms with Crippen LogP contribution < -0.4 is 5.32 Å². The van der Waals surface area contributed by atoms with Gasteiger partial charge in [-0.25, -0.2) is 0 Å². The molecule has 35 heavy (non-hydrogen) atoms. The molecule has 0 unspecified atom stereocenters. The molecule has 0 bridgehead atoms.